The first-order valence-corrected chi connectivity index (χ1v) is 10.6. The minimum Gasteiger partial charge on any atom is -0.493 e. The second-order valence-corrected chi connectivity index (χ2v) is 8.06. The maximum Gasteiger partial charge on any atom is 0.253 e. The molecule has 0 saturated carbocycles. The molecule has 0 spiro atoms. The van der Waals surface area contributed by atoms with Gasteiger partial charge in [-0.2, -0.15) is 0 Å². The van der Waals surface area contributed by atoms with Crippen LogP contribution in [0.4, 0.5) is 0 Å². The third kappa shape index (κ3) is 4.89. The van der Waals surface area contributed by atoms with Crippen molar-refractivity contribution in [1.29, 1.82) is 0 Å². The molecule has 2 aromatic heterocycles. The quantitative estimate of drug-likeness (QED) is 0.545. The number of rotatable bonds is 8. The minimum atomic E-state index is -0.215. The first-order chi connectivity index (χ1) is 15.7. The van der Waals surface area contributed by atoms with Crippen molar-refractivity contribution in [2.45, 2.75) is 40.8 Å². The molecule has 0 bridgehead atoms. The van der Waals surface area contributed by atoms with Gasteiger partial charge in [0.05, 0.1) is 26.9 Å². The number of amides is 1. The number of aryl methyl sites for hydroxylation is 3. The van der Waals surface area contributed by atoms with Gasteiger partial charge in [-0.05, 0) is 62.6 Å². The van der Waals surface area contributed by atoms with Crippen LogP contribution in [0.5, 0.6) is 17.2 Å². The lowest BCUT2D eigenvalue weighted by atomic mass is 10.1. The van der Waals surface area contributed by atoms with Crippen LogP contribution < -0.4 is 25.1 Å². The van der Waals surface area contributed by atoms with Gasteiger partial charge < -0.3 is 29.1 Å². The Balaban J connectivity index is 1.84. The smallest absolute Gasteiger partial charge is 0.253 e. The zero-order chi connectivity index (χ0) is 24.3. The van der Waals surface area contributed by atoms with Crippen molar-refractivity contribution >= 4 is 5.91 Å². The van der Waals surface area contributed by atoms with E-state index in [0.29, 0.717) is 34.9 Å². The summed E-state index contributed by atoms with van der Waals surface area (Å²) in [5.41, 5.74) is 5.25. The summed E-state index contributed by atoms with van der Waals surface area (Å²) >= 11 is 0. The van der Waals surface area contributed by atoms with Gasteiger partial charge in [0.15, 0.2) is 11.5 Å². The van der Waals surface area contributed by atoms with Gasteiger partial charge in [0, 0.05) is 36.2 Å². The number of nitrogens with zero attached hydrogens (tertiary/aromatic N) is 1. The molecule has 8 heteroatoms. The van der Waals surface area contributed by atoms with Crippen molar-refractivity contribution in [2.24, 2.45) is 0 Å². The Morgan fingerprint density at radius 1 is 0.970 bits per heavy atom. The van der Waals surface area contributed by atoms with Gasteiger partial charge in [-0.3, -0.25) is 9.59 Å². The highest BCUT2D eigenvalue weighted by Crippen LogP contribution is 2.38. The molecule has 0 saturated heterocycles. The fraction of sp³-hybridized carbons (Fsp3) is 0.360. The van der Waals surface area contributed by atoms with Crippen molar-refractivity contribution in [3.05, 3.63) is 74.0 Å². The molecule has 0 aliphatic carbocycles. The fourth-order valence-electron chi connectivity index (χ4n) is 4.11. The lowest BCUT2D eigenvalue weighted by molar-refractivity contribution is 0.0949. The monoisotopic (exact) mass is 453 g/mol. The number of nitrogens with one attached hydrogen (secondary N) is 2. The van der Waals surface area contributed by atoms with E-state index in [-0.39, 0.29) is 18.0 Å². The van der Waals surface area contributed by atoms with Crippen molar-refractivity contribution in [3.63, 3.8) is 0 Å². The SMILES string of the molecule is COc1cc(Cn2cc(C)c(C(=O)NCc3c(C)cc(C)[nH]c3=O)c2C)cc(OC)c1OC. The molecule has 2 N–H and O–H groups in total. The Morgan fingerprint density at radius 2 is 1.61 bits per heavy atom. The van der Waals surface area contributed by atoms with Crippen LogP contribution in [0.2, 0.25) is 0 Å². The van der Waals surface area contributed by atoms with Gasteiger partial charge in [-0.15, -0.1) is 0 Å². The zero-order valence-corrected chi connectivity index (χ0v) is 20.2. The second kappa shape index (κ2) is 9.85. The predicted octanol–water partition coefficient (Wildman–Crippen LogP) is 3.41. The van der Waals surface area contributed by atoms with E-state index in [1.807, 2.05) is 56.7 Å². The van der Waals surface area contributed by atoms with E-state index in [0.717, 1.165) is 28.1 Å². The average molecular weight is 454 g/mol. The maximum absolute atomic E-state index is 13.0. The molecule has 176 valence electrons. The van der Waals surface area contributed by atoms with Crippen molar-refractivity contribution < 1.29 is 19.0 Å². The van der Waals surface area contributed by atoms with Crippen LogP contribution >= 0.6 is 0 Å². The highest BCUT2D eigenvalue weighted by Gasteiger charge is 2.19. The van der Waals surface area contributed by atoms with Crippen LogP contribution in [0.25, 0.3) is 0 Å². The largest absolute Gasteiger partial charge is 0.493 e. The van der Waals surface area contributed by atoms with Crippen LogP contribution in [-0.2, 0) is 13.1 Å². The van der Waals surface area contributed by atoms with E-state index in [1.54, 1.807) is 21.3 Å². The Labute approximate surface area is 193 Å². The summed E-state index contributed by atoms with van der Waals surface area (Å²) in [7, 11) is 4.72. The number of hydrogen-bond donors (Lipinski definition) is 2. The Kier molecular flexibility index (Phi) is 7.16. The first-order valence-electron chi connectivity index (χ1n) is 10.6. The van der Waals surface area contributed by atoms with Crippen LogP contribution in [-0.4, -0.2) is 36.8 Å². The Morgan fingerprint density at radius 3 is 2.15 bits per heavy atom. The molecule has 1 aromatic carbocycles. The number of hydrogen-bond acceptors (Lipinski definition) is 5. The molecular formula is C25H31N3O5. The average Bonchev–Trinajstić information content (AvgIpc) is 3.04. The summed E-state index contributed by atoms with van der Waals surface area (Å²) in [6, 6.07) is 5.68. The second-order valence-electron chi connectivity index (χ2n) is 8.06. The van der Waals surface area contributed by atoms with Crippen LogP contribution in [0, 0.1) is 27.7 Å². The number of ether oxygens (including phenoxy) is 3. The summed E-state index contributed by atoms with van der Waals surface area (Å²) in [6.07, 6.45) is 1.94. The molecule has 0 unspecified atom stereocenters. The van der Waals surface area contributed by atoms with Crippen LogP contribution in [0.3, 0.4) is 0 Å². The van der Waals surface area contributed by atoms with E-state index in [2.05, 4.69) is 10.3 Å². The fourth-order valence-corrected chi connectivity index (χ4v) is 4.11. The summed E-state index contributed by atoms with van der Waals surface area (Å²) in [6.45, 7) is 8.19. The molecule has 0 radical (unpaired) electrons. The van der Waals surface area contributed by atoms with Gasteiger partial charge in [0.1, 0.15) is 0 Å². The molecule has 3 aromatic rings. The summed E-state index contributed by atoms with van der Waals surface area (Å²) in [5, 5.41) is 2.90. The molecule has 3 rings (SSSR count). The van der Waals surface area contributed by atoms with Crippen LogP contribution in [0.15, 0.2) is 29.2 Å². The number of benzene rings is 1. The van der Waals surface area contributed by atoms with Crippen molar-refractivity contribution in [2.75, 3.05) is 21.3 Å². The van der Waals surface area contributed by atoms with Gasteiger partial charge in [-0.1, -0.05) is 0 Å². The minimum absolute atomic E-state index is 0.164. The Bertz CT molecular complexity index is 1210. The molecular weight excluding hydrogens is 422 g/mol. The number of carbonyl (C=O) groups excluding carboxylic acids is 1. The van der Waals surface area contributed by atoms with Gasteiger partial charge in [0.25, 0.3) is 11.5 Å². The predicted molar refractivity (Wildman–Crippen MR) is 127 cm³/mol. The molecule has 33 heavy (non-hydrogen) atoms. The number of H-pyrrole nitrogens is 1. The molecule has 0 aliphatic heterocycles. The van der Waals surface area contributed by atoms with Gasteiger partial charge in [0.2, 0.25) is 5.75 Å². The number of aromatic nitrogens is 2. The summed E-state index contributed by atoms with van der Waals surface area (Å²) in [4.78, 5) is 28.1. The summed E-state index contributed by atoms with van der Waals surface area (Å²) < 4.78 is 18.3. The summed E-state index contributed by atoms with van der Waals surface area (Å²) in [5.74, 6) is 1.47. The molecule has 1 amide bonds. The van der Waals surface area contributed by atoms with E-state index < -0.39 is 0 Å². The van der Waals surface area contributed by atoms with Crippen molar-refractivity contribution in [1.82, 2.24) is 14.9 Å². The third-order valence-corrected chi connectivity index (χ3v) is 5.76. The van der Waals surface area contributed by atoms with E-state index in [1.165, 1.54) is 0 Å². The standard InChI is InChI=1S/C25H31N3O5/c1-14-8-16(3)27-24(29)19(14)11-26-25(30)22-15(2)12-28(17(22)4)13-18-9-20(31-5)23(33-7)21(10-18)32-6/h8-10,12H,11,13H2,1-7H3,(H,26,30)(H,27,29). The number of pyridine rings is 1. The molecule has 0 atom stereocenters. The number of carbonyl (C=O) groups is 1. The highest BCUT2D eigenvalue weighted by molar-refractivity contribution is 5.96. The normalized spacial score (nSPS) is 10.8. The van der Waals surface area contributed by atoms with Crippen molar-refractivity contribution in [3.8, 4) is 17.2 Å². The van der Waals surface area contributed by atoms with E-state index in [4.69, 9.17) is 14.2 Å². The zero-order valence-electron chi connectivity index (χ0n) is 20.2. The van der Waals surface area contributed by atoms with Gasteiger partial charge >= 0.3 is 0 Å². The number of methoxy groups -OCH3 is 3. The maximum atomic E-state index is 13.0. The van der Waals surface area contributed by atoms with E-state index >= 15 is 0 Å². The number of aromatic amines is 1. The molecule has 0 aliphatic rings. The van der Waals surface area contributed by atoms with E-state index in [9.17, 15) is 9.59 Å². The topological polar surface area (TPSA) is 94.6 Å². The third-order valence-electron chi connectivity index (χ3n) is 5.76. The van der Waals surface area contributed by atoms with Gasteiger partial charge in [-0.25, -0.2) is 0 Å². The highest BCUT2D eigenvalue weighted by atomic mass is 16.5. The molecule has 2 heterocycles. The van der Waals surface area contributed by atoms with Crippen LogP contribution in [0.1, 0.15) is 44.0 Å². The lowest BCUT2D eigenvalue weighted by Crippen LogP contribution is -2.28. The Hall–Kier alpha value is -3.68. The lowest BCUT2D eigenvalue weighted by Gasteiger charge is -2.15. The molecule has 0 fully saturated rings. The molecule has 8 nitrogen and oxygen atoms in total. The first kappa shape index (κ1) is 24.0.